The molecule has 0 bridgehead atoms. The molecule has 2 atom stereocenters. The van der Waals surface area contributed by atoms with Gasteiger partial charge in [-0.25, -0.2) is 0 Å². The first-order chi connectivity index (χ1) is 8.08. The lowest BCUT2D eigenvalue weighted by molar-refractivity contribution is 0.206. The maximum absolute atomic E-state index is 6.02. The second-order valence-electron chi connectivity index (χ2n) is 4.41. The summed E-state index contributed by atoms with van der Waals surface area (Å²) in [6.45, 7) is 6.44. The lowest BCUT2D eigenvalue weighted by Crippen LogP contribution is -2.17. The molecule has 0 aliphatic heterocycles. The Morgan fingerprint density at radius 2 is 2.06 bits per heavy atom. The van der Waals surface area contributed by atoms with Crippen LogP contribution in [0.15, 0.2) is 22.7 Å². The van der Waals surface area contributed by atoms with Gasteiger partial charge in [0.25, 0.3) is 0 Å². The molecule has 3 heteroatoms. The summed E-state index contributed by atoms with van der Waals surface area (Å²) in [7, 11) is 1.96. The molecule has 0 amide bonds. The van der Waals surface area contributed by atoms with E-state index in [1.54, 1.807) is 0 Å². The Labute approximate surface area is 113 Å². The maximum atomic E-state index is 6.02. The third-order valence-corrected chi connectivity index (χ3v) is 3.39. The van der Waals surface area contributed by atoms with Crippen LogP contribution in [0.25, 0.3) is 0 Å². The molecule has 0 aliphatic carbocycles. The van der Waals surface area contributed by atoms with Gasteiger partial charge in [0.1, 0.15) is 5.75 Å². The zero-order valence-electron chi connectivity index (χ0n) is 11.1. The monoisotopic (exact) mass is 299 g/mol. The van der Waals surface area contributed by atoms with E-state index in [4.69, 9.17) is 4.74 Å². The Bertz CT molecular complexity index is 354. The molecular weight excluding hydrogens is 278 g/mol. The fourth-order valence-electron chi connectivity index (χ4n) is 1.81. The van der Waals surface area contributed by atoms with E-state index in [1.807, 2.05) is 7.05 Å². The van der Waals surface area contributed by atoms with E-state index in [1.165, 1.54) is 5.56 Å². The molecule has 0 radical (unpaired) electrons. The summed E-state index contributed by atoms with van der Waals surface area (Å²) in [5.41, 5.74) is 1.21. The average molecular weight is 300 g/mol. The topological polar surface area (TPSA) is 21.3 Å². The third kappa shape index (κ3) is 4.32. The first-order valence-electron chi connectivity index (χ1n) is 6.21. The number of ether oxygens (including phenoxy) is 1. The zero-order valence-corrected chi connectivity index (χ0v) is 12.7. The molecule has 2 nitrogen and oxygen atoms in total. The minimum Gasteiger partial charge on any atom is -0.490 e. The van der Waals surface area contributed by atoms with Crippen LogP contribution in [-0.4, -0.2) is 13.2 Å². The highest BCUT2D eigenvalue weighted by molar-refractivity contribution is 9.10. The van der Waals surface area contributed by atoms with Crippen LogP contribution in [0, 0.1) is 0 Å². The molecule has 96 valence electrons. The minimum absolute atomic E-state index is 0.261. The van der Waals surface area contributed by atoms with E-state index < -0.39 is 0 Å². The van der Waals surface area contributed by atoms with Gasteiger partial charge in [-0.15, -0.1) is 0 Å². The van der Waals surface area contributed by atoms with Gasteiger partial charge in [-0.3, -0.25) is 0 Å². The molecule has 0 aliphatic rings. The largest absolute Gasteiger partial charge is 0.490 e. The Morgan fingerprint density at radius 3 is 2.65 bits per heavy atom. The molecule has 0 spiro atoms. The summed E-state index contributed by atoms with van der Waals surface area (Å²) in [6, 6.07) is 6.52. The van der Waals surface area contributed by atoms with Crippen molar-refractivity contribution in [2.75, 3.05) is 7.05 Å². The van der Waals surface area contributed by atoms with E-state index >= 15 is 0 Å². The van der Waals surface area contributed by atoms with Gasteiger partial charge in [-0.05, 0) is 39.4 Å². The maximum Gasteiger partial charge on any atom is 0.125 e. The standard InChI is InChI=1S/C14H22BrNO/c1-5-6-10(2)17-14-9-12(15)7-8-13(14)11(3)16-4/h7-11,16H,5-6H2,1-4H3. The second-order valence-corrected chi connectivity index (χ2v) is 5.33. The molecular formula is C14H22BrNO. The van der Waals surface area contributed by atoms with Crippen molar-refractivity contribution in [3.63, 3.8) is 0 Å². The lowest BCUT2D eigenvalue weighted by atomic mass is 10.1. The number of halogens is 1. The summed E-state index contributed by atoms with van der Waals surface area (Å²) < 4.78 is 7.08. The van der Waals surface area contributed by atoms with Gasteiger partial charge in [-0.2, -0.15) is 0 Å². The van der Waals surface area contributed by atoms with Crippen molar-refractivity contribution in [2.45, 2.75) is 45.8 Å². The first kappa shape index (κ1) is 14.5. The fraction of sp³-hybridized carbons (Fsp3) is 0.571. The molecule has 0 aromatic heterocycles. The molecule has 2 unspecified atom stereocenters. The van der Waals surface area contributed by atoms with Gasteiger partial charge >= 0.3 is 0 Å². The number of rotatable bonds is 6. The first-order valence-corrected chi connectivity index (χ1v) is 7.01. The van der Waals surface area contributed by atoms with Gasteiger partial charge in [0.05, 0.1) is 6.10 Å². The van der Waals surface area contributed by atoms with Gasteiger partial charge in [0, 0.05) is 16.1 Å². The van der Waals surface area contributed by atoms with E-state index in [-0.39, 0.29) is 6.10 Å². The fourth-order valence-corrected chi connectivity index (χ4v) is 2.15. The Kier molecular flexibility index (Phi) is 6.00. The molecule has 1 rings (SSSR count). The van der Waals surface area contributed by atoms with Crippen molar-refractivity contribution in [3.8, 4) is 5.75 Å². The van der Waals surface area contributed by atoms with Gasteiger partial charge in [-0.1, -0.05) is 35.3 Å². The number of benzene rings is 1. The van der Waals surface area contributed by atoms with Crippen molar-refractivity contribution in [3.05, 3.63) is 28.2 Å². The quantitative estimate of drug-likeness (QED) is 0.846. The SMILES string of the molecule is CCCC(C)Oc1cc(Br)ccc1C(C)NC. The number of hydrogen-bond acceptors (Lipinski definition) is 2. The highest BCUT2D eigenvalue weighted by Gasteiger charge is 2.12. The molecule has 1 aromatic rings. The Balaban J connectivity index is 2.90. The number of nitrogens with one attached hydrogen (secondary N) is 1. The van der Waals surface area contributed by atoms with Gasteiger partial charge in [0.2, 0.25) is 0 Å². The van der Waals surface area contributed by atoms with E-state index in [0.717, 1.165) is 23.1 Å². The number of hydrogen-bond donors (Lipinski definition) is 1. The van der Waals surface area contributed by atoms with Crippen LogP contribution in [0.4, 0.5) is 0 Å². The smallest absolute Gasteiger partial charge is 0.125 e. The molecule has 0 saturated carbocycles. The van der Waals surface area contributed by atoms with Crippen LogP contribution in [0.1, 0.15) is 45.2 Å². The molecule has 1 aromatic carbocycles. The molecule has 0 fully saturated rings. The van der Waals surface area contributed by atoms with Crippen LogP contribution in [-0.2, 0) is 0 Å². The normalized spacial score (nSPS) is 14.4. The van der Waals surface area contributed by atoms with Gasteiger partial charge in [0.15, 0.2) is 0 Å². The summed E-state index contributed by atoms with van der Waals surface area (Å²) in [5, 5.41) is 3.25. The van der Waals surface area contributed by atoms with E-state index in [9.17, 15) is 0 Å². The predicted octanol–water partition coefficient (Wildman–Crippen LogP) is 4.30. The van der Waals surface area contributed by atoms with Crippen molar-refractivity contribution < 1.29 is 4.74 Å². The Morgan fingerprint density at radius 1 is 1.35 bits per heavy atom. The Hall–Kier alpha value is -0.540. The summed E-state index contributed by atoms with van der Waals surface area (Å²) in [4.78, 5) is 0. The molecule has 17 heavy (non-hydrogen) atoms. The second kappa shape index (κ2) is 7.02. The summed E-state index contributed by atoms with van der Waals surface area (Å²) in [5.74, 6) is 0.974. The van der Waals surface area contributed by atoms with Crippen LogP contribution in [0.5, 0.6) is 5.75 Å². The summed E-state index contributed by atoms with van der Waals surface area (Å²) in [6.07, 6.45) is 2.49. The zero-order chi connectivity index (χ0) is 12.8. The van der Waals surface area contributed by atoms with E-state index in [2.05, 4.69) is 60.2 Å². The van der Waals surface area contributed by atoms with Crippen molar-refractivity contribution in [1.29, 1.82) is 0 Å². The summed E-state index contributed by atoms with van der Waals surface area (Å²) >= 11 is 3.50. The predicted molar refractivity (Wildman–Crippen MR) is 76.6 cm³/mol. The lowest BCUT2D eigenvalue weighted by Gasteiger charge is -2.20. The molecule has 0 heterocycles. The molecule has 0 saturated heterocycles. The van der Waals surface area contributed by atoms with Crippen LogP contribution >= 0.6 is 15.9 Å². The highest BCUT2D eigenvalue weighted by atomic mass is 79.9. The third-order valence-electron chi connectivity index (χ3n) is 2.90. The van der Waals surface area contributed by atoms with Crippen LogP contribution in [0.3, 0.4) is 0 Å². The van der Waals surface area contributed by atoms with Crippen molar-refractivity contribution in [1.82, 2.24) is 5.32 Å². The van der Waals surface area contributed by atoms with Crippen LogP contribution < -0.4 is 10.1 Å². The average Bonchev–Trinajstić information content (AvgIpc) is 2.28. The van der Waals surface area contributed by atoms with Crippen LogP contribution in [0.2, 0.25) is 0 Å². The van der Waals surface area contributed by atoms with Crippen molar-refractivity contribution in [2.24, 2.45) is 0 Å². The van der Waals surface area contributed by atoms with Gasteiger partial charge < -0.3 is 10.1 Å². The highest BCUT2D eigenvalue weighted by Crippen LogP contribution is 2.29. The van der Waals surface area contributed by atoms with Crippen molar-refractivity contribution >= 4 is 15.9 Å². The minimum atomic E-state index is 0.261. The molecule has 1 N–H and O–H groups in total. The van der Waals surface area contributed by atoms with E-state index in [0.29, 0.717) is 6.04 Å².